The average Bonchev–Trinajstić information content (AvgIpc) is 2.79. The van der Waals surface area contributed by atoms with Crippen molar-refractivity contribution < 1.29 is 9.15 Å². The van der Waals surface area contributed by atoms with E-state index in [4.69, 9.17) is 14.4 Å². The Morgan fingerprint density at radius 2 is 2.25 bits per heavy atom. The van der Waals surface area contributed by atoms with Gasteiger partial charge >= 0.3 is 0 Å². The summed E-state index contributed by atoms with van der Waals surface area (Å²) in [6.07, 6.45) is 1.60. The van der Waals surface area contributed by atoms with Gasteiger partial charge in [0.05, 0.1) is 11.8 Å². The van der Waals surface area contributed by atoms with E-state index in [1.165, 1.54) is 0 Å². The van der Waals surface area contributed by atoms with E-state index in [0.29, 0.717) is 17.9 Å². The molecule has 0 aliphatic carbocycles. The molecule has 0 N–H and O–H groups in total. The zero-order chi connectivity index (χ0) is 11.4. The lowest BCUT2D eigenvalue weighted by atomic mass is 10.2. The van der Waals surface area contributed by atoms with Crippen LogP contribution in [0.2, 0.25) is 0 Å². The van der Waals surface area contributed by atoms with Gasteiger partial charge in [-0.1, -0.05) is 0 Å². The minimum atomic E-state index is 0.380. The molecule has 0 fully saturated rings. The Labute approximate surface area is 101 Å². The van der Waals surface area contributed by atoms with E-state index >= 15 is 0 Å². The second-order valence-corrected chi connectivity index (χ2v) is 3.98. The molecular weight excluding hydrogens is 270 g/mol. The molecule has 0 bridgehead atoms. The van der Waals surface area contributed by atoms with Crippen LogP contribution in [0.4, 0.5) is 0 Å². The van der Waals surface area contributed by atoms with Crippen LogP contribution in [0, 0.1) is 11.3 Å². The highest BCUT2D eigenvalue weighted by Crippen LogP contribution is 2.23. The van der Waals surface area contributed by atoms with E-state index in [9.17, 15) is 0 Å². The fourth-order valence-electron chi connectivity index (χ4n) is 1.23. The molecule has 1 heterocycles. The summed E-state index contributed by atoms with van der Waals surface area (Å²) in [7, 11) is 0. The zero-order valence-corrected chi connectivity index (χ0v) is 9.90. The van der Waals surface area contributed by atoms with Crippen molar-refractivity contribution in [2.45, 2.75) is 6.61 Å². The van der Waals surface area contributed by atoms with Crippen molar-refractivity contribution in [3.8, 4) is 11.8 Å². The molecule has 1 aromatic carbocycles. The molecule has 0 saturated heterocycles. The Hall–Kier alpha value is -1.73. The average molecular weight is 278 g/mol. The van der Waals surface area contributed by atoms with Crippen molar-refractivity contribution in [2.24, 2.45) is 0 Å². The highest BCUT2D eigenvalue weighted by atomic mass is 79.9. The first-order valence-corrected chi connectivity index (χ1v) is 5.44. The first-order valence-electron chi connectivity index (χ1n) is 4.64. The molecule has 2 aromatic rings. The van der Waals surface area contributed by atoms with Gasteiger partial charge in [-0.15, -0.1) is 0 Å². The molecule has 16 heavy (non-hydrogen) atoms. The number of halogens is 1. The predicted molar refractivity (Wildman–Crippen MR) is 61.9 cm³/mol. The lowest BCUT2D eigenvalue weighted by Crippen LogP contribution is -1.93. The lowest BCUT2D eigenvalue weighted by molar-refractivity contribution is 0.270. The van der Waals surface area contributed by atoms with Crippen LogP contribution in [0.15, 0.2) is 45.5 Å². The molecule has 4 heteroatoms. The number of furan rings is 1. The van der Waals surface area contributed by atoms with E-state index in [2.05, 4.69) is 22.0 Å². The van der Waals surface area contributed by atoms with Crippen molar-refractivity contribution in [3.63, 3.8) is 0 Å². The van der Waals surface area contributed by atoms with Gasteiger partial charge in [-0.25, -0.2) is 0 Å². The van der Waals surface area contributed by atoms with Crippen LogP contribution < -0.4 is 4.74 Å². The van der Waals surface area contributed by atoms with Gasteiger partial charge in [-0.2, -0.15) is 5.26 Å². The number of nitriles is 1. The summed E-state index contributed by atoms with van der Waals surface area (Å²) in [6, 6.07) is 11.0. The number of hydrogen-bond acceptors (Lipinski definition) is 3. The maximum Gasteiger partial charge on any atom is 0.146 e. The van der Waals surface area contributed by atoms with Crippen LogP contribution in [-0.4, -0.2) is 0 Å². The summed E-state index contributed by atoms with van der Waals surface area (Å²) in [5.74, 6) is 1.46. The van der Waals surface area contributed by atoms with E-state index in [0.717, 1.165) is 10.2 Å². The van der Waals surface area contributed by atoms with Crippen molar-refractivity contribution in [3.05, 3.63) is 52.4 Å². The van der Waals surface area contributed by atoms with Gasteiger partial charge in [0.25, 0.3) is 0 Å². The Morgan fingerprint density at radius 3 is 2.88 bits per heavy atom. The molecule has 0 spiro atoms. The molecular formula is C12H8BrNO2. The maximum absolute atomic E-state index is 8.75. The summed E-state index contributed by atoms with van der Waals surface area (Å²) in [5, 5.41) is 8.75. The van der Waals surface area contributed by atoms with Crippen LogP contribution in [0.3, 0.4) is 0 Å². The molecule has 0 radical (unpaired) electrons. The second-order valence-electron chi connectivity index (χ2n) is 3.12. The summed E-state index contributed by atoms with van der Waals surface area (Å²) in [5.41, 5.74) is 0.588. The minimum Gasteiger partial charge on any atom is -0.486 e. The third kappa shape index (κ3) is 2.44. The highest BCUT2D eigenvalue weighted by Gasteiger charge is 2.02. The zero-order valence-electron chi connectivity index (χ0n) is 8.31. The number of nitrogens with zero attached hydrogens (tertiary/aromatic N) is 1. The van der Waals surface area contributed by atoms with E-state index in [1.54, 1.807) is 24.5 Å². The van der Waals surface area contributed by atoms with Crippen LogP contribution in [-0.2, 0) is 6.61 Å². The standard InChI is InChI=1S/C12H8BrNO2/c13-12-6-10(4-3-9(12)7-14)16-8-11-2-1-5-15-11/h1-6H,8H2. The predicted octanol–water partition coefficient (Wildman–Crippen LogP) is 3.49. The van der Waals surface area contributed by atoms with E-state index < -0.39 is 0 Å². The second kappa shape index (κ2) is 4.86. The van der Waals surface area contributed by atoms with Crippen LogP contribution in [0.25, 0.3) is 0 Å². The largest absolute Gasteiger partial charge is 0.486 e. The summed E-state index contributed by atoms with van der Waals surface area (Å²) in [4.78, 5) is 0. The van der Waals surface area contributed by atoms with Crippen LogP contribution >= 0.6 is 15.9 Å². The molecule has 3 nitrogen and oxygen atoms in total. The fourth-order valence-corrected chi connectivity index (χ4v) is 1.67. The molecule has 0 saturated carbocycles. The smallest absolute Gasteiger partial charge is 0.146 e. The Morgan fingerprint density at radius 1 is 1.38 bits per heavy atom. The number of ether oxygens (including phenoxy) is 1. The first-order chi connectivity index (χ1) is 7.79. The normalized spacial score (nSPS) is 9.75. The van der Waals surface area contributed by atoms with Crippen molar-refractivity contribution in [2.75, 3.05) is 0 Å². The van der Waals surface area contributed by atoms with E-state index in [-0.39, 0.29) is 0 Å². The molecule has 0 atom stereocenters. The molecule has 2 rings (SSSR count). The van der Waals surface area contributed by atoms with E-state index in [1.807, 2.05) is 12.1 Å². The topological polar surface area (TPSA) is 46.2 Å². The SMILES string of the molecule is N#Cc1ccc(OCc2ccco2)cc1Br. The Balaban J connectivity index is 2.06. The molecule has 0 aliphatic rings. The minimum absolute atomic E-state index is 0.380. The molecule has 80 valence electrons. The monoisotopic (exact) mass is 277 g/mol. The lowest BCUT2D eigenvalue weighted by Gasteiger charge is -2.05. The number of benzene rings is 1. The van der Waals surface area contributed by atoms with Crippen molar-refractivity contribution in [1.82, 2.24) is 0 Å². The van der Waals surface area contributed by atoms with Crippen molar-refractivity contribution >= 4 is 15.9 Å². The first kappa shape index (κ1) is 10.8. The molecule has 0 aliphatic heterocycles. The fraction of sp³-hybridized carbons (Fsp3) is 0.0833. The summed E-state index contributed by atoms with van der Waals surface area (Å²) in [6.45, 7) is 0.380. The van der Waals surface area contributed by atoms with Gasteiger partial charge < -0.3 is 9.15 Å². The van der Waals surface area contributed by atoms with Crippen molar-refractivity contribution in [1.29, 1.82) is 5.26 Å². The highest BCUT2D eigenvalue weighted by molar-refractivity contribution is 9.10. The number of hydrogen-bond donors (Lipinski definition) is 0. The Bertz CT molecular complexity index is 514. The van der Waals surface area contributed by atoms with Gasteiger partial charge in [0, 0.05) is 4.47 Å². The van der Waals surface area contributed by atoms with Crippen LogP contribution in [0.5, 0.6) is 5.75 Å². The van der Waals surface area contributed by atoms with Crippen LogP contribution in [0.1, 0.15) is 11.3 Å². The number of rotatable bonds is 3. The Kier molecular flexibility index (Phi) is 3.28. The van der Waals surface area contributed by atoms with Gasteiger partial charge in [0.2, 0.25) is 0 Å². The summed E-state index contributed by atoms with van der Waals surface area (Å²) < 4.78 is 11.4. The molecule has 0 unspecified atom stereocenters. The van der Waals surface area contributed by atoms with Gasteiger partial charge in [-0.3, -0.25) is 0 Å². The van der Waals surface area contributed by atoms with Gasteiger partial charge in [0.15, 0.2) is 0 Å². The quantitative estimate of drug-likeness (QED) is 0.863. The molecule has 0 amide bonds. The third-order valence-corrected chi connectivity index (χ3v) is 2.68. The van der Waals surface area contributed by atoms with Gasteiger partial charge in [-0.05, 0) is 46.3 Å². The third-order valence-electron chi connectivity index (χ3n) is 2.02. The summed E-state index contributed by atoms with van der Waals surface area (Å²) >= 11 is 3.30. The maximum atomic E-state index is 8.75. The van der Waals surface area contributed by atoms with Gasteiger partial charge in [0.1, 0.15) is 24.2 Å². The molecule has 1 aromatic heterocycles.